The van der Waals surface area contributed by atoms with Gasteiger partial charge in [0.05, 0.1) is 6.10 Å². The first-order valence-electron chi connectivity index (χ1n) is 7.37. The monoisotopic (exact) mass is 254 g/mol. The van der Waals surface area contributed by atoms with Gasteiger partial charge in [0.1, 0.15) is 0 Å². The molecule has 1 aliphatic carbocycles. The molecular formula is C15H30N2O. The third-order valence-corrected chi connectivity index (χ3v) is 5.45. The molecule has 2 aliphatic rings. The molecule has 18 heavy (non-hydrogen) atoms. The summed E-state index contributed by atoms with van der Waals surface area (Å²) in [6.45, 7) is 11.0. The molecule has 4 atom stereocenters. The molecule has 0 spiro atoms. The molecular weight excluding hydrogens is 224 g/mol. The maximum atomic E-state index is 6.21. The summed E-state index contributed by atoms with van der Waals surface area (Å²) in [7, 11) is 2.26. The van der Waals surface area contributed by atoms with E-state index in [2.05, 4.69) is 39.6 Å². The van der Waals surface area contributed by atoms with Crippen molar-refractivity contribution in [2.45, 2.75) is 64.6 Å². The van der Waals surface area contributed by atoms with Crippen LogP contribution >= 0.6 is 0 Å². The Bertz CT molecular complexity index is 305. The van der Waals surface area contributed by atoms with Crippen LogP contribution in [0.15, 0.2) is 0 Å². The number of ether oxygens (including phenoxy) is 1. The molecule has 4 unspecified atom stereocenters. The quantitative estimate of drug-likeness (QED) is 0.839. The van der Waals surface area contributed by atoms with E-state index >= 15 is 0 Å². The highest BCUT2D eigenvalue weighted by molar-refractivity contribution is 5.07. The Morgan fingerprint density at radius 2 is 2.00 bits per heavy atom. The first-order chi connectivity index (χ1) is 8.32. The minimum absolute atomic E-state index is 0.163. The predicted octanol–water partition coefficient (Wildman–Crippen LogP) is 2.25. The largest absolute Gasteiger partial charge is 0.377 e. The summed E-state index contributed by atoms with van der Waals surface area (Å²) in [5, 5.41) is 0. The molecule has 0 aromatic carbocycles. The molecule has 1 saturated carbocycles. The van der Waals surface area contributed by atoms with Crippen molar-refractivity contribution in [3.05, 3.63) is 0 Å². The maximum absolute atomic E-state index is 6.21. The van der Waals surface area contributed by atoms with Gasteiger partial charge >= 0.3 is 0 Å². The molecule has 1 saturated heterocycles. The zero-order chi connectivity index (χ0) is 13.6. The lowest BCUT2D eigenvalue weighted by molar-refractivity contribution is 0.00922. The second-order valence-corrected chi connectivity index (χ2v) is 7.30. The molecule has 3 nitrogen and oxygen atoms in total. The fraction of sp³-hybridized carbons (Fsp3) is 1.00. The van der Waals surface area contributed by atoms with Crippen LogP contribution in [0.25, 0.3) is 0 Å². The molecule has 2 N–H and O–H groups in total. The molecule has 0 radical (unpaired) electrons. The summed E-state index contributed by atoms with van der Waals surface area (Å²) >= 11 is 0. The lowest BCUT2D eigenvalue weighted by Crippen LogP contribution is -2.59. The van der Waals surface area contributed by atoms with E-state index in [0.29, 0.717) is 23.5 Å². The van der Waals surface area contributed by atoms with E-state index < -0.39 is 0 Å². The molecule has 0 bridgehead atoms. The predicted molar refractivity (Wildman–Crippen MR) is 75.5 cm³/mol. The van der Waals surface area contributed by atoms with Gasteiger partial charge in [0.2, 0.25) is 0 Å². The Kier molecular flexibility index (Phi) is 3.79. The topological polar surface area (TPSA) is 38.5 Å². The first-order valence-corrected chi connectivity index (χ1v) is 7.37. The first kappa shape index (κ1) is 14.3. The van der Waals surface area contributed by atoms with Crippen molar-refractivity contribution in [1.82, 2.24) is 4.90 Å². The minimum atomic E-state index is 0.163. The summed E-state index contributed by atoms with van der Waals surface area (Å²) in [5.74, 6) is 0.662. The molecule has 106 valence electrons. The van der Waals surface area contributed by atoms with Crippen molar-refractivity contribution in [1.29, 1.82) is 0 Å². The zero-order valence-electron chi connectivity index (χ0n) is 12.7. The summed E-state index contributed by atoms with van der Waals surface area (Å²) in [6, 6.07) is 0.532. The molecule has 1 heterocycles. The van der Waals surface area contributed by atoms with E-state index in [9.17, 15) is 0 Å². The van der Waals surface area contributed by atoms with Gasteiger partial charge < -0.3 is 10.5 Å². The van der Waals surface area contributed by atoms with Crippen molar-refractivity contribution in [3.63, 3.8) is 0 Å². The van der Waals surface area contributed by atoms with Gasteiger partial charge in [-0.3, -0.25) is 4.90 Å². The number of nitrogens with two attached hydrogens (primary N) is 1. The standard InChI is InChI=1S/C15H30N2O/c1-11-8-14(3,4)9-15(11,10-16)17(5)13-6-7-18-12(13)2/h11-13H,6-10,16H2,1-5H3. The van der Waals surface area contributed by atoms with Crippen LogP contribution in [0, 0.1) is 11.3 Å². The van der Waals surface area contributed by atoms with Crippen molar-refractivity contribution >= 4 is 0 Å². The average Bonchev–Trinajstić information content (AvgIpc) is 2.79. The smallest absolute Gasteiger partial charge is 0.0703 e. The fourth-order valence-electron chi connectivity index (χ4n) is 4.54. The summed E-state index contributed by atoms with van der Waals surface area (Å²) < 4.78 is 5.74. The highest BCUT2D eigenvalue weighted by Crippen LogP contribution is 2.50. The Morgan fingerprint density at radius 3 is 2.39 bits per heavy atom. The Labute approximate surface area is 112 Å². The van der Waals surface area contributed by atoms with Gasteiger partial charge in [-0.05, 0) is 44.6 Å². The van der Waals surface area contributed by atoms with E-state index in [4.69, 9.17) is 10.5 Å². The van der Waals surface area contributed by atoms with Gasteiger partial charge in [-0.15, -0.1) is 0 Å². The van der Waals surface area contributed by atoms with Crippen LogP contribution in [0.2, 0.25) is 0 Å². The third kappa shape index (κ3) is 2.21. The number of rotatable bonds is 3. The summed E-state index contributed by atoms with van der Waals surface area (Å²) in [4.78, 5) is 2.56. The van der Waals surface area contributed by atoms with Gasteiger partial charge in [-0.25, -0.2) is 0 Å². The Morgan fingerprint density at radius 1 is 1.33 bits per heavy atom. The van der Waals surface area contributed by atoms with Crippen molar-refractivity contribution in [2.24, 2.45) is 17.1 Å². The van der Waals surface area contributed by atoms with E-state index in [-0.39, 0.29) is 5.54 Å². The average molecular weight is 254 g/mol. The van der Waals surface area contributed by atoms with Crippen LogP contribution in [-0.4, -0.2) is 42.8 Å². The fourth-order valence-corrected chi connectivity index (χ4v) is 4.54. The lowest BCUT2D eigenvalue weighted by Gasteiger charge is -2.46. The van der Waals surface area contributed by atoms with E-state index in [1.165, 1.54) is 12.8 Å². The van der Waals surface area contributed by atoms with Crippen molar-refractivity contribution in [3.8, 4) is 0 Å². The molecule has 1 aliphatic heterocycles. The van der Waals surface area contributed by atoms with Crippen molar-refractivity contribution < 1.29 is 4.74 Å². The van der Waals surface area contributed by atoms with Gasteiger partial charge in [-0.1, -0.05) is 20.8 Å². The second kappa shape index (κ2) is 4.77. The van der Waals surface area contributed by atoms with Crippen molar-refractivity contribution in [2.75, 3.05) is 20.2 Å². The molecule has 0 aromatic rings. The van der Waals surface area contributed by atoms with Gasteiger partial charge in [0.15, 0.2) is 0 Å². The van der Waals surface area contributed by atoms with Gasteiger partial charge in [0, 0.05) is 24.7 Å². The van der Waals surface area contributed by atoms with E-state index in [0.717, 1.165) is 19.6 Å². The Hall–Kier alpha value is -0.120. The number of nitrogens with zero attached hydrogens (tertiary/aromatic N) is 1. The van der Waals surface area contributed by atoms with Crippen LogP contribution in [0.1, 0.15) is 47.0 Å². The van der Waals surface area contributed by atoms with Crippen LogP contribution in [0.5, 0.6) is 0 Å². The zero-order valence-corrected chi connectivity index (χ0v) is 12.7. The number of likely N-dealkylation sites (N-methyl/N-ethyl adjacent to an activating group) is 1. The minimum Gasteiger partial charge on any atom is -0.377 e. The summed E-state index contributed by atoms with van der Waals surface area (Å²) in [6.07, 6.45) is 3.97. The van der Waals surface area contributed by atoms with Crippen LogP contribution in [-0.2, 0) is 4.74 Å². The van der Waals surface area contributed by atoms with Crippen LogP contribution < -0.4 is 5.73 Å². The molecule has 2 fully saturated rings. The number of hydrogen-bond donors (Lipinski definition) is 1. The molecule has 0 amide bonds. The Balaban J connectivity index is 2.22. The maximum Gasteiger partial charge on any atom is 0.0703 e. The lowest BCUT2D eigenvalue weighted by atomic mass is 9.83. The SMILES string of the molecule is CC1OCCC1N(C)C1(CN)CC(C)(C)CC1C. The number of hydrogen-bond acceptors (Lipinski definition) is 3. The van der Waals surface area contributed by atoms with Crippen LogP contribution in [0.3, 0.4) is 0 Å². The summed E-state index contributed by atoms with van der Waals surface area (Å²) in [5.41, 5.74) is 6.79. The van der Waals surface area contributed by atoms with E-state index in [1.807, 2.05) is 0 Å². The van der Waals surface area contributed by atoms with Gasteiger partial charge in [0.25, 0.3) is 0 Å². The second-order valence-electron chi connectivity index (χ2n) is 7.30. The van der Waals surface area contributed by atoms with Crippen LogP contribution in [0.4, 0.5) is 0 Å². The third-order valence-electron chi connectivity index (χ3n) is 5.45. The van der Waals surface area contributed by atoms with E-state index in [1.54, 1.807) is 0 Å². The normalized spacial score (nSPS) is 43.8. The molecule has 0 aromatic heterocycles. The molecule has 3 heteroatoms. The van der Waals surface area contributed by atoms with Gasteiger partial charge in [-0.2, -0.15) is 0 Å². The highest BCUT2D eigenvalue weighted by atomic mass is 16.5. The highest BCUT2D eigenvalue weighted by Gasteiger charge is 2.52. The molecule has 2 rings (SSSR count).